The third kappa shape index (κ3) is 3.52. The van der Waals surface area contributed by atoms with Gasteiger partial charge in [-0.15, -0.1) is 0 Å². The summed E-state index contributed by atoms with van der Waals surface area (Å²) in [6.07, 6.45) is 4.89. The normalized spacial score (nSPS) is 9.46. The van der Waals surface area contributed by atoms with E-state index in [-0.39, 0.29) is 0 Å². The third-order valence-corrected chi connectivity index (χ3v) is 1.67. The lowest BCUT2D eigenvalue weighted by Crippen LogP contribution is -1.98. The summed E-state index contributed by atoms with van der Waals surface area (Å²) in [5.41, 5.74) is 5.49. The number of hydrogen-bond acceptors (Lipinski definition) is 4. The van der Waals surface area contributed by atoms with Gasteiger partial charge < -0.3 is 5.73 Å². The Morgan fingerprint density at radius 2 is 2.31 bits per heavy atom. The maximum Gasteiger partial charge on any atom is 0.130 e. The van der Waals surface area contributed by atoms with Gasteiger partial charge in [0.25, 0.3) is 0 Å². The van der Waals surface area contributed by atoms with E-state index in [0.717, 1.165) is 25.1 Å². The highest BCUT2D eigenvalue weighted by atomic mass is 14.9. The van der Waals surface area contributed by atoms with E-state index in [1.807, 2.05) is 0 Å². The molecule has 1 rings (SSSR count). The topological polar surface area (TPSA) is 75.6 Å². The monoisotopic (exact) mass is 176 g/mol. The van der Waals surface area contributed by atoms with Crippen molar-refractivity contribution in [3.05, 3.63) is 18.1 Å². The molecule has 0 atom stereocenters. The zero-order valence-corrected chi connectivity index (χ0v) is 7.40. The van der Waals surface area contributed by atoms with Crippen LogP contribution in [0.3, 0.4) is 0 Å². The van der Waals surface area contributed by atoms with Gasteiger partial charge >= 0.3 is 0 Å². The summed E-state index contributed by atoms with van der Waals surface area (Å²) in [5.74, 6) is 1.27. The summed E-state index contributed by atoms with van der Waals surface area (Å²) in [5, 5.41) is 8.31. The highest BCUT2D eigenvalue weighted by Gasteiger charge is 1.96. The predicted octanol–water partition coefficient (Wildman–Crippen LogP) is 1.30. The molecule has 0 aromatic carbocycles. The van der Waals surface area contributed by atoms with Gasteiger partial charge in [0.15, 0.2) is 0 Å². The van der Waals surface area contributed by atoms with Crippen LogP contribution in [0.2, 0.25) is 0 Å². The molecule has 0 aliphatic rings. The number of nitrogens with zero attached hydrogens (tertiary/aromatic N) is 3. The van der Waals surface area contributed by atoms with Crippen LogP contribution in [0.25, 0.3) is 0 Å². The van der Waals surface area contributed by atoms with E-state index in [1.54, 1.807) is 12.3 Å². The molecule has 13 heavy (non-hydrogen) atoms. The number of nitriles is 1. The van der Waals surface area contributed by atoms with Crippen molar-refractivity contribution in [3.63, 3.8) is 0 Å². The molecular formula is C9H12N4. The van der Waals surface area contributed by atoms with Crippen LogP contribution in [0.1, 0.15) is 25.1 Å². The van der Waals surface area contributed by atoms with Crippen LogP contribution in [-0.4, -0.2) is 9.97 Å². The first-order valence-corrected chi connectivity index (χ1v) is 4.27. The molecule has 0 aliphatic heterocycles. The van der Waals surface area contributed by atoms with Crippen molar-refractivity contribution in [1.82, 2.24) is 9.97 Å². The number of hydrogen-bond donors (Lipinski definition) is 1. The Balaban J connectivity index is 2.33. The number of rotatable bonds is 4. The summed E-state index contributed by atoms with van der Waals surface area (Å²) < 4.78 is 0. The van der Waals surface area contributed by atoms with Gasteiger partial charge in [-0.1, -0.05) is 0 Å². The fourth-order valence-corrected chi connectivity index (χ4v) is 1.02. The highest BCUT2D eigenvalue weighted by Crippen LogP contribution is 2.02. The second-order valence-corrected chi connectivity index (χ2v) is 2.76. The van der Waals surface area contributed by atoms with Crippen molar-refractivity contribution in [2.45, 2.75) is 25.7 Å². The molecule has 68 valence electrons. The molecule has 1 heterocycles. The molecule has 2 N–H and O–H groups in total. The first kappa shape index (κ1) is 9.46. The van der Waals surface area contributed by atoms with Crippen LogP contribution in [0.5, 0.6) is 0 Å². The molecule has 1 aromatic heterocycles. The molecule has 0 saturated heterocycles. The zero-order valence-electron chi connectivity index (χ0n) is 7.40. The number of aryl methyl sites for hydroxylation is 1. The van der Waals surface area contributed by atoms with Crippen LogP contribution in [0.4, 0.5) is 5.82 Å². The standard InChI is InChI=1S/C9H12N4/c10-6-3-1-2-4-9-12-7-5-8(11)13-9/h5,7H,1-4H2,(H2,11,12,13). The molecular weight excluding hydrogens is 164 g/mol. The van der Waals surface area contributed by atoms with Gasteiger partial charge in [-0.2, -0.15) is 5.26 Å². The quantitative estimate of drug-likeness (QED) is 0.701. The summed E-state index contributed by atoms with van der Waals surface area (Å²) in [7, 11) is 0. The minimum atomic E-state index is 0.505. The van der Waals surface area contributed by atoms with E-state index in [9.17, 15) is 0 Å². The van der Waals surface area contributed by atoms with Gasteiger partial charge in [0.2, 0.25) is 0 Å². The summed E-state index contributed by atoms with van der Waals surface area (Å²) >= 11 is 0. The van der Waals surface area contributed by atoms with Crippen LogP contribution < -0.4 is 5.73 Å². The fraction of sp³-hybridized carbons (Fsp3) is 0.444. The van der Waals surface area contributed by atoms with Crippen LogP contribution >= 0.6 is 0 Å². The number of nitrogen functional groups attached to an aromatic ring is 1. The summed E-state index contributed by atoms with van der Waals surface area (Å²) in [4.78, 5) is 8.12. The number of aromatic nitrogens is 2. The lowest BCUT2D eigenvalue weighted by molar-refractivity contribution is 0.722. The van der Waals surface area contributed by atoms with Crippen molar-refractivity contribution < 1.29 is 0 Å². The Hall–Kier alpha value is -1.63. The van der Waals surface area contributed by atoms with E-state index < -0.39 is 0 Å². The van der Waals surface area contributed by atoms with E-state index in [1.165, 1.54) is 0 Å². The van der Waals surface area contributed by atoms with Crippen molar-refractivity contribution >= 4 is 5.82 Å². The molecule has 0 radical (unpaired) electrons. The van der Waals surface area contributed by atoms with Gasteiger partial charge in [0.05, 0.1) is 6.07 Å². The average Bonchev–Trinajstić information content (AvgIpc) is 2.13. The van der Waals surface area contributed by atoms with Gasteiger partial charge in [0, 0.05) is 19.0 Å². The first-order chi connectivity index (χ1) is 6.33. The second kappa shape index (κ2) is 5.09. The Bertz CT molecular complexity index is 303. The molecule has 0 fully saturated rings. The number of unbranched alkanes of at least 4 members (excludes halogenated alkanes) is 2. The smallest absolute Gasteiger partial charge is 0.130 e. The van der Waals surface area contributed by atoms with Crippen LogP contribution in [0.15, 0.2) is 12.3 Å². The lowest BCUT2D eigenvalue weighted by atomic mass is 10.2. The molecule has 4 nitrogen and oxygen atoms in total. The largest absolute Gasteiger partial charge is 0.384 e. The Morgan fingerprint density at radius 3 is 3.00 bits per heavy atom. The van der Waals surface area contributed by atoms with Crippen molar-refractivity contribution in [2.75, 3.05) is 5.73 Å². The van der Waals surface area contributed by atoms with Gasteiger partial charge in [-0.05, 0) is 18.9 Å². The molecule has 0 saturated carbocycles. The van der Waals surface area contributed by atoms with Gasteiger partial charge in [-0.3, -0.25) is 0 Å². The third-order valence-electron chi connectivity index (χ3n) is 1.67. The molecule has 1 aromatic rings. The van der Waals surface area contributed by atoms with Crippen LogP contribution in [0, 0.1) is 11.3 Å². The molecule has 0 amide bonds. The molecule has 0 spiro atoms. The highest BCUT2D eigenvalue weighted by molar-refractivity contribution is 5.24. The second-order valence-electron chi connectivity index (χ2n) is 2.76. The fourth-order valence-electron chi connectivity index (χ4n) is 1.02. The predicted molar refractivity (Wildman–Crippen MR) is 49.6 cm³/mol. The number of nitrogens with two attached hydrogens (primary N) is 1. The molecule has 0 bridgehead atoms. The minimum Gasteiger partial charge on any atom is -0.384 e. The average molecular weight is 176 g/mol. The van der Waals surface area contributed by atoms with E-state index in [0.29, 0.717) is 12.2 Å². The van der Waals surface area contributed by atoms with Gasteiger partial charge in [0.1, 0.15) is 11.6 Å². The lowest BCUT2D eigenvalue weighted by Gasteiger charge is -1.98. The minimum absolute atomic E-state index is 0.505. The maximum atomic E-state index is 8.31. The van der Waals surface area contributed by atoms with Gasteiger partial charge in [-0.25, -0.2) is 9.97 Å². The summed E-state index contributed by atoms with van der Waals surface area (Å²) in [6, 6.07) is 3.77. The molecule has 0 unspecified atom stereocenters. The summed E-state index contributed by atoms with van der Waals surface area (Å²) in [6.45, 7) is 0. The molecule has 0 aliphatic carbocycles. The first-order valence-electron chi connectivity index (χ1n) is 4.27. The van der Waals surface area contributed by atoms with Crippen molar-refractivity contribution in [1.29, 1.82) is 5.26 Å². The Morgan fingerprint density at radius 1 is 1.46 bits per heavy atom. The SMILES string of the molecule is N#CCCCCc1nccc(N)n1. The van der Waals surface area contributed by atoms with Crippen molar-refractivity contribution in [2.24, 2.45) is 0 Å². The Labute approximate surface area is 77.4 Å². The van der Waals surface area contributed by atoms with Crippen LogP contribution in [-0.2, 0) is 6.42 Å². The Kier molecular flexibility index (Phi) is 3.71. The van der Waals surface area contributed by atoms with E-state index in [2.05, 4.69) is 16.0 Å². The van der Waals surface area contributed by atoms with E-state index in [4.69, 9.17) is 11.0 Å². The van der Waals surface area contributed by atoms with Crippen molar-refractivity contribution in [3.8, 4) is 6.07 Å². The number of anilines is 1. The molecule has 4 heteroatoms. The maximum absolute atomic E-state index is 8.31. The zero-order chi connectivity index (χ0) is 9.52. The van der Waals surface area contributed by atoms with E-state index >= 15 is 0 Å².